The lowest BCUT2D eigenvalue weighted by atomic mass is 10.0. The van der Waals surface area contributed by atoms with E-state index in [1.807, 2.05) is 30.5 Å². The number of aromatic nitrogens is 1. The topological polar surface area (TPSA) is 74.6 Å². The number of unbranched alkanes of at least 4 members (excludes halogenated alkanes) is 1. The minimum absolute atomic E-state index is 0.391. The first-order valence-corrected chi connectivity index (χ1v) is 11.6. The molecule has 1 aliphatic rings. The number of ether oxygens (including phenoxy) is 1. The van der Waals surface area contributed by atoms with Crippen molar-refractivity contribution in [3.8, 4) is 5.75 Å². The molecule has 3 N–H and O–H groups in total. The number of carbonyl (C=O) groups is 1. The van der Waals surface area contributed by atoms with Crippen molar-refractivity contribution in [2.75, 3.05) is 44.7 Å². The number of methoxy groups -OCH3 is 1. The number of hydrogen-bond acceptors (Lipinski definition) is 4. The van der Waals surface area contributed by atoms with Crippen molar-refractivity contribution in [2.24, 2.45) is 5.73 Å². The number of fused-ring (bicyclic) bond motifs is 1. The van der Waals surface area contributed by atoms with Crippen molar-refractivity contribution in [1.29, 1.82) is 0 Å². The number of amides is 1. The van der Waals surface area contributed by atoms with E-state index in [-0.39, 0.29) is 0 Å². The zero-order valence-corrected chi connectivity index (χ0v) is 19.7. The molecule has 1 fully saturated rings. The largest absolute Gasteiger partial charge is 0.494 e. The minimum atomic E-state index is -0.391. The quantitative estimate of drug-likeness (QED) is 0.462. The summed E-state index contributed by atoms with van der Waals surface area (Å²) in [5.41, 5.74) is 9.29. The van der Waals surface area contributed by atoms with Crippen LogP contribution in [0.2, 0.25) is 10.0 Å². The smallest absolute Gasteiger partial charge is 0.248 e. The summed E-state index contributed by atoms with van der Waals surface area (Å²) in [4.78, 5) is 19.6. The average molecular weight is 475 g/mol. The van der Waals surface area contributed by atoms with E-state index in [1.165, 1.54) is 5.56 Å². The second-order valence-electron chi connectivity index (χ2n) is 8.17. The number of aryl methyl sites for hydroxylation is 1. The number of aromatic amines is 1. The molecule has 0 radical (unpaired) electrons. The van der Waals surface area contributed by atoms with E-state index in [2.05, 4.69) is 14.8 Å². The number of rotatable bonds is 8. The fourth-order valence-electron chi connectivity index (χ4n) is 4.34. The van der Waals surface area contributed by atoms with Gasteiger partial charge in [0.15, 0.2) is 5.75 Å². The van der Waals surface area contributed by atoms with Gasteiger partial charge in [-0.25, -0.2) is 0 Å². The third-order valence-corrected chi connectivity index (χ3v) is 6.71. The third kappa shape index (κ3) is 4.98. The van der Waals surface area contributed by atoms with Gasteiger partial charge in [-0.2, -0.15) is 0 Å². The predicted octanol–water partition coefficient (Wildman–Crippen LogP) is 4.73. The first-order chi connectivity index (χ1) is 15.5. The minimum Gasteiger partial charge on any atom is -0.494 e. The Hall–Kier alpha value is -2.41. The van der Waals surface area contributed by atoms with Gasteiger partial charge in [-0.15, -0.1) is 0 Å². The highest BCUT2D eigenvalue weighted by Gasteiger charge is 2.19. The molecule has 2 aromatic carbocycles. The summed E-state index contributed by atoms with van der Waals surface area (Å²) in [5.74, 6) is 0.133. The zero-order valence-electron chi connectivity index (χ0n) is 18.2. The number of H-pyrrole nitrogens is 1. The molecule has 1 saturated heterocycles. The van der Waals surface area contributed by atoms with E-state index in [4.69, 9.17) is 33.7 Å². The molecular weight excluding hydrogens is 447 g/mol. The molecular formula is C24H28Cl2N4O2. The molecule has 3 aromatic rings. The first kappa shape index (κ1) is 22.8. The summed E-state index contributed by atoms with van der Waals surface area (Å²) in [7, 11) is 1.57. The van der Waals surface area contributed by atoms with Crippen LogP contribution >= 0.6 is 23.2 Å². The lowest BCUT2D eigenvalue weighted by Gasteiger charge is -2.36. The van der Waals surface area contributed by atoms with E-state index in [0.29, 0.717) is 21.4 Å². The maximum Gasteiger partial charge on any atom is 0.248 e. The number of primary amides is 1. The summed E-state index contributed by atoms with van der Waals surface area (Å²) in [6.07, 6.45) is 5.24. The van der Waals surface area contributed by atoms with Crippen LogP contribution in [0.25, 0.3) is 10.9 Å². The van der Waals surface area contributed by atoms with E-state index in [0.717, 1.165) is 68.6 Å². The molecule has 32 heavy (non-hydrogen) atoms. The summed E-state index contributed by atoms with van der Waals surface area (Å²) >= 11 is 12.6. The van der Waals surface area contributed by atoms with E-state index < -0.39 is 5.91 Å². The predicted molar refractivity (Wildman–Crippen MR) is 131 cm³/mol. The van der Waals surface area contributed by atoms with Gasteiger partial charge in [-0.1, -0.05) is 23.2 Å². The monoisotopic (exact) mass is 474 g/mol. The zero-order chi connectivity index (χ0) is 22.7. The second-order valence-corrected chi connectivity index (χ2v) is 8.98. The Labute approximate surface area is 198 Å². The van der Waals surface area contributed by atoms with E-state index in [1.54, 1.807) is 13.2 Å². The molecule has 6 nitrogen and oxygen atoms in total. The maximum atomic E-state index is 11.5. The van der Waals surface area contributed by atoms with Crippen molar-refractivity contribution in [3.63, 3.8) is 0 Å². The van der Waals surface area contributed by atoms with Crippen LogP contribution in [0.4, 0.5) is 5.69 Å². The van der Waals surface area contributed by atoms with Gasteiger partial charge < -0.3 is 20.4 Å². The number of nitrogens with zero attached hydrogens (tertiary/aromatic N) is 2. The normalized spacial score (nSPS) is 14.8. The number of anilines is 1. The Balaban J connectivity index is 1.25. The van der Waals surface area contributed by atoms with Crippen molar-refractivity contribution >= 4 is 45.7 Å². The molecule has 1 aliphatic heterocycles. The molecule has 0 unspecified atom stereocenters. The highest BCUT2D eigenvalue weighted by atomic mass is 35.5. The number of carbonyl (C=O) groups excluding carboxylic acids is 1. The van der Waals surface area contributed by atoms with Crippen LogP contribution in [0.3, 0.4) is 0 Å². The number of benzene rings is 2. The Bertz CT molecular complexity index is 1080. The highest BCUT2D eigenvalue weighted by molar-refractivity contribution is 6.37. The average Bonchev–Trinajstić information content (AvgIpc) is 3.19. The Morgan fingerprint density at radius 3 is 2.47 bits per heavy atom. The van der Waals surface area contributed by atoms with Gasteiger partial charge in [-0.05, 0) is 61.7 Å². The van der Waals surface area contributed by atoms with Gasteiger partial charge in [-0.3, -0.25) is 9.69 Å². The molecule has 0 aliphatic carbocycles. The van der Waals surface area contributed by atoms with Crippen LogP contribution in [-0.4, -0.2) is 55.6 Å². The van der Waals surface area contributed by atoms with Crippen LogP contribution in [0.15, 0.2) is 36.5 Å². The van der Waals surface area contributed by atoms with E-state index in [9.17, 15) is 4.79 Å². The molecule has 170 valence electrons. The molecule has 0 bridgehead atoms. The number of nitrogens with one attached hydrogen (secondary N) is 1. The fourth-order valence-corrected chi connectivity index (χ4v) is 4.97. The van der Waals surface area contributed by atoms with Gasteiger partial charge in [0, 0.05) is 54.5 Å². The summed E-state index contributed by atoms with van der Waals surface area (Å²) in [5, 5.41) is 2.17. The number of piperazine rings is 1. The van der Waals surface area contributed by atoms with Gasteiger partial charge in [0.2, 0.25) is 5.91 Å². The highest BCUT2D eigenvalue weighted by Crippen LogP contribution is 2.37. The van der Waals surface area contributed by atoms with Crippen LogP contribution in [0, 0.1) is 0 Å². The van der Waals surface area contributed by atoms with Crippen molar-refractivity contribution in [1.82, 2.24) is 9.88 Å². The Morgan fingerprint density at radius 1 is 1.09 bits per heavy atom. The van der Waals surface area contributed by atoms with Crippen LogP contribution in [0.1, 0.15) is 28.8 Å². The number of halogens is 2. The Kier molecular flexibility index (Phi) is 7.13. The maximum absolute atomic E-state index is 11.5. The molecule has 1 amide bonds. The van der Waals surface area contributed by atoms with Gasteiger partial charge in [0.25, 0.3) is 0 Å². The molecule has 8 heteroatoms. The molecule has 2 heterocycles. The lowest BCUT2D eigenvalue weighted by Crippen LogP contribution is -2.46. The SMILES string of the molecule is COc1c(Cl)cc(N2CCN(CCCCc3c[nH]c4ccc(C(N)=O)cc34)CC2)cc1Cl. The molecule has 4 rings (SSSR count). The number of nitrogens with two attached hydrogens (primary N) is 1. The molecule has 0 saturated carbocycles. The fraction of sp³-hybridized carbons (Fsp3) is 0.375. The lowest BCUT2D eigenvalue weighted by molar-refractivity contribution is 0.100. The van der Waals surface area contributed by atoms with Crippen molar-refractivity contribution < 1.29 is 9.53 Å². The second kappa shape index (κ2) is 10.0. The van der Waals surface area contributed by atoms with E-state index >= 15 is 0 Å². The van der Waals surface area contributed by atoms with Gasteiger partial charge in [0.1, 0.15) is 0 Å². The summed E-state index contributed by atoms with van der Waals surface area (Å²) < 4.78 is 5.24. The summed E-state index contributed by atoms with van der Waals surface area (Å²) in [6, 6.07) is 9.42. The van der Waals surface area contributed by atoms with Crippen molar-refractivity contribution in [3.05, 3.63) is 57.7 Å². The van der Waals surface area contributed by atoms with Crippen LogP contribution in [-0.2, 0) is 6.42 Å². The van der Waals surface area contributed by atoms with Crippen LogP contribution < -0.4 is 15.4 Å². The standard InChI is InChI=1S/C24H28Cl2N4O2/c1-32-23-20(25)13-18(14-21(23)26)30-10-8-29(9-11-30)7-3-2-4-17-15-28-22-6-5-16(24(27)31)12-19(17)22/h5-6,12-15,28H,2-4,7-11H2,1H3,(H2,27,31). The Morgan fingerprint density at radius 2 is 1.81 bits per heavy atom. The van der Waals surface area contributed by atoms with Gasteiger partial charge >= 0.3 is 0 Å². The molecule has 1 aromatic heterocycles. The third-order valence-electron chi connectivity index (χ3n) is 6.15. The number of hydrogen-bond donors (Lipinski definition) is 2. The first-order valence-electron chi connectivity index (χ1n) is 10.9. The summed E-state index contributed by atoms with van der Waals surface area (Å²) in [6.45, 7) is 4.98. The van der Waals surface area contributed by atoms with Gasteiger partial charge in [0.05, 0.1) is 17.2 Å². The molecule has 0 atom stereocenters. The van der Waals surface area contributed by atoms with Crippen molar-refractivity contribution in [2.45, 2.75) is 19.3 Å². The van der Waals surface area contributed by atoms with Crippen LogP contribution in [0.5, 0.6) is 5.75 Å². The molecule has 0 spiro atoms.